The average molecular weight is 391 g/mol. The van der Waals surface area contributed by atoms with Crippen LogP contribution in [-0.4, -0.2) is 35.8 Å². The van der Waals surface area contributed by atoms with Crippen molar-refractivity contribution in [2.75, 3.05) is 13.1 Å². The second kappa shape index (κ2) is 9.59. The molecule has 2 aliphatic rings. The van der Waals surface area contributed by atoms with Crippen molar-refractivity contribution in [1.82, 2.24) is 10.2 Å². The SMILES string of the molecule is CCC(NC(=O)CC1CCCC1)C(=O)N1CCC(c2ccc(Cl)cc2)CC1. The molecule has 0 bridgehead atoms. The first-order chi connectivity index (χ1) is 13.1. The Morgan fingerprint density at radius 3 is 2.33 bits per heavy atom. The van der Waals surface area contributed by atoms with E-state index in [-0.39, 0.29) is 17.9 Å². The third kappa shape index (κ3) is 5.47. The van der Waals surface area contributed by atoms with E-state index < -0.39 is 0 Å². The highest BCUT2D eigenvalue weighted by molar-refractivity contribution is 6.30. The molecule has 2 amide bonds. The molecule has 1 heterocycles. The number of benzene rings is 1. The van der Waals surface area contributed by atoms with Gasteiger partial charge >= 0.3 is 0 Å². The van der Waals surface area contributed by atoms with Crippen molar-refractivity contribution in [3.05, 3.63) is 34.9 Å². The maximum atomic E-state index is 12.9. The van der Waals surface area contributed by atoms with Gasteiger partial charge in [0, 0.05) is 24.5 Å². The Bertz CT molecular complexity index is 632. The molecule has 1 aromatic carbocycles. The standard InChI is InChI=1S/C22H31ClN2O2/c1-2-20(24-21(26)15-16-5-3-4-6-16)22(27)25-13-11-18(12-14-25)17-7-9-19(23)10-8-17/h7-10,16,18,20H,2-6,11-15H2,1H3,(H,24,26). The van der Waals surface area contributed by atoms with Crippen LogP contribution in [0.25, 0.3) is 0 Å². The smallest absolute Gasteiger partial charge is 0.245 e. The maximum Gasteiger partial charge on any atom is 0.245 e. The van der Waals surface area contributed by atoms with E-state index in [1.807, 2.05) is 24.0 Å². The number of hydrogen-bond acceptors (Lipinski definition) is 2. The molecule has 1 aromatic rings. The fraction of sp³-hybridized carbons (Fsp3) is 0.636. The topological polar surface area (TPSA) is 49.4 Å². The molecule has 27 heavy (non-hydrogen) atoms. The zero-order valence-electron chi connectivity index (χ0n) is 16.3. The van der Waals surface area contributed by atoms with Gasteiger partial charge in [0.25, 0.3) is 0 Å². The van der Waals surface area contributed by atoms with Crippen LogP contribution in [0.4, 0.5) is 0 Å². The van der Waals surface area contributed by atoms with E-state index in [0.29, 0.717) is 24.7 Å². The molecule has 1 aliphatic carbocycles. The molecule has 1 saturated heterocycles. The second-order valence-corrected chi connectivity index (χ2v) is 8.47. The molecule has 3 rings (SSSR count). The van der Waals surface area contributed by atoms with Gasteiger partial charge in [0.1, 0.15) is 6.04 Å². The van der Waals surface area contributed by atoms with E-state index in [1.54, 1.807) is 0 Å². The highest BCUT2D eigenvalue weighted by Crippen LogP contribution is 2.29. The molecule has 0 radical (unpaired) electrons. The summed E-state index contributed by atoms with van der Waals surface area (Å²) in [6, 6.07) is 7.65. The van der Waals surface area contributed by atoms with Gasteiger partial charge in [-0.05, 0) is 61.6 Å². The summed E-state index contributed by atoms with van der Waals surface area (Å²) < 4.78 is 0. The first kappa shape index (κ1) is 20.2. The van der Waals surface area contributed by atoms with Gasteiger partial charge in [0.15, 0.2) is 0 Å². The monoisotopic (exact) mass is 390 g/mol. The highest BCUT2D eigenvalue weighted by atomic mass is 35.5. The molecule has 2 fully saturated rings. The summed E-state index contributed by atoms with van der Waals surface area (Å²) in [5, 5.41) is 3.75. The molecule has 1 saturated carbocycles. The lowest BCUT2D eigenvalue weighted by Crippen LogP contribution is -2.50. The largest absolute Gasteiger partial charge is 0.344 e. The third-order valence-corrected chi connectivity index (χ3v) is 6.39. The van der Waals surface area contributed by atoms with Crippen molar-refractivity contribution in [3.63, 3.8) is 0 Å². The van der Waals surface area contributed by atoms with E-state index >= 15 is 0 Å². The van der Waals surface area contributed by atoms with Gasteiger partial charge in [-0.2, -0.15) is 0 Å². The van der Waals surface area contributed by atoms with Crippen LogP contribution in [0.2, 0.25) is 5.02 Å². The Kier molecular flexibility index (Phi) is 7.17. The summed E-state index contributed by atoms with van der Waals surface area (Å²) in [5.74, 6) is 1.10. The minimum Gasteiger partial charge on any atom is -0.344 e. The van der Waals surface area contributed by atoms with Crippen LogP contribution in [0.1, 0.15) is 69.8 Å². The summed E-state index contributed by atoms with van der Waals surface area (Å²) in [6.07, 6.45) is 7.90. The minimum absolute atomic E-state index is 0.0400. The molecule has 4 nitrogen and oxygen atoms in total. The maximum absolute atomic E-state index is 12.9. The van der Waals surface area contributed by atoms with E-state index in [4.69, 9.17) is 11.6 Å². The van der Waals surface area contributed by atoms with Gasteiger partial charge in [-0.3, -0.25) is 9.59 Å². The minimum atomic E-state index is -0.383. The van der Waals surface area contributed by atoms with Crippen LogP contribution in [-0.2, 0) is 9.59 Å². The number of rotatable bonds is 6. The Hall–Kier alpha value is -1.55. The predicted octanol–water partition coefficient (Wildman–Crippen LogP) is 4.52. The third-order valence-electron chi connectivity index (χ3n) is 6.14. The van der Waals surface area contributed by atoms with Gasteiger partial charge in [-0.25, -0.2) is 0 Å². The lowest BCUT2D eigenvalue weighted by atomic mass is 9.89. The zero-order valence-corrected chi connectivity index (χ0v) is 17.0. The predicted molar refractivity (Wildman–Crippen MR) is 109 cm³/mol. The van der Waals surface area contributed by atoms with Crippen molar-refractivity contribution in [2.24, 2.45) is 5.92 Å². The van der Waals surface area contributed by atoms with Gasteiger partial charge < -0.3 is 10.2 Å². The normalized spacial score (nSPS) is 19.9. The van der Waals surface area contributed by atoms with E-state index in [9.17, 15) is 9.59 Å². The van der Waals surface area contributed by atoms with Crippen LogP contribution in [0, 0.1) is 5.92 Å². The van der Waals surface area contributed by atoms with Gasteiger partial charge in [-0.15, -0.1) is 0 Å². The molecule has 1 N–H and O–H groups in total. The summed E-state index contributed by atoms with van der Waals surface area (Å²) in [5.41, 5.74) is 1.29. The van der Waals surface area contributed by atoms with Crippen molar-refractivity contribution >= 4 is 23.4 Å². The van der Waals surface area contributed by atoms with E-state index in [0.717, 1.165) is 43.8 Å². The summed E-state index contributed by atoms with van der Waals surface area (Å²) >= 11 is 5.97. The quantitative estimate of drug-likeness (QED) is 0.776. The molecule has 0 spiro atoms. The number of piperidine rings is 1. The molecular formula is C22H31ClN2O2. The second-order valence-electron chi connectivity index (χ2n) is 8.03. The van der Waals surface area contributed by atoms with Crippen molar-refractivity contribution in [2.45, 2.75) is 70.3 Å². The fourth-order valence-corrected chi connectivity index (χ4v) is 4.58. The number of amides is 2. The molecule has 148 valence electrons. The first-order valence-electron chi connectivity index (χ1n) is 10.4. The van der Waals surface area contributed by atoms with Crippen molar-refractivity contribution in [3.8, 4) is 0 Å². The molecular weight excluding hydrogens is 360 g/mol. The lowest BCUT2D eigenvalue weighted by Gasteiger charge is -2.34. The number of hydrogen-bond donors (Lipinski definition) is 1. The number of halogens is 1. The van der Waals surface area contributed by atoms with Crippen molar-refractivity contribution in [1.29, 1.82) is 0 Å². The molecule has 0 aromatic heterocycles. The number of carbonyl (C=O) groups is 2. The van der Waals surface area contributed by atoms with Crippen LogP contribution < -0.4 is 5.32 Å². The number of carbonyl (C=O) groups excluding carboxylic acids is 2. The lowest BCUT2D eigenvalue weighted by molar-refractivity contribution is -0.137. The summed E-state index contributed by atoms with van der Waals surface area (Å²) in [7, 11) is 0. The summed E-state index contributed by atoms with van der Waals surface area (Å²) in [6.45, 7) is 3.47. The first-order valence-corrected chi connectivity index (χ1v) is 10.8. The Morgan fingerprint density at radius 2 is 1.74 bits per heavy atom. The molecule has 1 atom stereocenters. The number of nitrogens with one attached hydrogen (secondary N) is 1. The fourth-order valence-electron chi connectivity index (χ4n) is 4.46. The van der Waals surface area contributed by atoms with Crippen LogP contribution in [0.3, 0.4) is 0 Å². The van der Waals surface area contributed by atoms with Crippen LogP contribution in [0.5, 0.6) is 0 Å². The van der Waals surface area contributed by atoms with E-state index in [2.05, 4.69) is 17.4 Å². The molecule has 1 aliphatic heterocycles. The number of nitrogens with zero attached hydrogens (tertiary/aromatic N) is 1. The van der Waals surface area contributed by atoms with E-state index in [1.165, 1.54) is 18.4 Å². The Morgan fingerprint density at radius 1 is 1.11 bits per heavy atom. The van der Waals surface area contributed by atoms with Gasteiger partial charge in [0.05, 0.1) is 0 Å². The molecule has 1 unspecified atom stereocenters. The van der Waals surface area contributed by atoms with Crippen molar-refractivity contribution < 1.29 is 9.59 Å². The van der Waals surface area contributed by atoms with Gasteiger partial charge in [0.2, 0.25) is 11.8 Å². The highest BCUT2D eigenvalue weighted by Gasteiger charge is 2.29. The Labute approximate surface area is 167 Å². The van der Waals surface area contributed by atoms with Crippen LogP contribution >= 0.6 is 11.6 Å². The molecule has 5 heteroatoms. The Balaban J connectivity index is 1.49. The zero-order chi connectivity index (χ0) is 19.2. The van der Waals surface area contributed by atoms with Gasteiger partial charge in [-0.1, -0.05) is 43.5 Å². The average Bonchev–Trinajstić information content (AvgIpc) is 3.19. The van der Waals surface area contributed by atoms with Crippen LogP contribution in [0.15, 0.2) is 24.3 Å². The summed E-state index contributed by atoms with van der Waals surface area (Å²) in [4.78, 5) is 27.1. The number of likely N-dealkylation sites (tertiary alicyclic amines) is 1.